The maximum absolute atomic E-state index is 11.7. The molecule has 0 saturated heterocycles. The molecule has 0 atom stereocenters. The molecule has 6 nitrogen and oxygen atoms in total. The number of methoxy groups -OCH3 is 1. The molecule has 0 aliphatic carbocycles. The highest BCUT2D eigenvalue weighted by molar-refractivity contribution is 6.00. The number of allylic oxidation sites excluding steroid dienone is 1. The van der Waals surface area contributed by atoms with Crippen LogP contribution in [-0.2, 0) is 14.3 Å². The van der Waals surface area contributed by atoms with E-state index in [-0.39, 0.29) is 5.91 Å². The van der Waals surface area contributed by atoms with Crippen molar-refractivity contribution >= 4 is 23.4 Å². The van der Waals surface area contributed by atoms with Crippen LogP contribution < -0.4 is 10.6 Å². The number of benzene rings is 1. The van der Waals surface area contributed by atoms with Gasteiger partial charge < -0.3 is 14.8 Å². The van der Waals surface area contributed by atoms with Crippen molar-refractivity contribution in [3.05, 3.63) is 36.1 Å². The first-order valence-corrected chi connectivity index (χ1v) is 7.12. The number of carbonyl (C=O) groups excluding carboxylic acids is 2. The van der Waals surface area contributed by atoms with E-state index in [9.17, 15) is 9.59 Å². The molecule has 6 heteroatoms. The van der Waals surface area contributed by atoms with E-state index in [1.165, 1.54) is 13.2 Å². The molecule has 0 aromatic heterocycles. The van der Waals surface area contributed by atoms with Gasteiger partial charge in [-0.15, -0.1) is 0 Å². The van der Waals surface area contributed by atoms with E-state index in [4.69, 9.17) is 9.47 Å². The second-order valence-corrected chi connectivity index (χ2v) is 4.64. The molecule has 0 saturated carbocycles. The number of hydrogen-bond acceptors (Lipinski definition) is 4. The zero-order valence-corrected chi connectivity index (χ0v) is 13.1. The third kappa shape index (κ3) is 6.78. The van der Waals surface area contributed by atoms with Gasteiger partial charge >= 0.3 is 6.09 Å². The maximum atomic E-state index is 11.7. The minimum atomic E-state index is -0.507. The third-order valence-corrected chi connectivity index (χ3v) is 2.76. The van der Waals surface area contributed by atoms with Crippen LogP contribution in [0.5, 0.6) is 0 Å². The van der Waals surface area contributed by atoms with Crippen molar-refractivity contribution in [2.24, 2.45) is 0 Å². The Morgan fingerprint density at radius 2 is 1.91 bits per heavy atom. The number of rotatable bonds is 7. The van der Waals surface area contributed by atoms with Gasteiger partial charge in [-0.05, 0) is 31.5 Å². The molecule has 1 aromatic rings. The van der Waals surface area contributed by atoms with Crippen LogP contribution in [0.3, 0.4) is 0 Å². The Bertz CT molecular complexity index is 541. The number of carbonyl (C=O) groups is 2. The van der Waals surface area contributed by atoms with Gasteiger partial charge in [-0.2, -0.15) is 0 Å². The number of hydrogen-bond donors (Lipinski definition) is 2. The standard InChI is InChI=1S/C16H22N2O4/c1-4-5-9-22-16(20)18-14-8-6-7-13(11-14)17-15(19)10-12(2)21-3/h6-8,10-11H,4-5,9H2,1-3H3,(H,17,19)(H,18,20)/b12-10-. The van der Waals surface area contributed by atoms with Crippen LogP contribution in [0.1, 0.15) is 26.7 Å². The van der Waals surface area contributed by atoms with Crippen LogP contribution in [0.15, 0.2) is 36.1 Å². The quantitative estimate of drug-likeness (QED) is 0.459. The fourth-order valence-corrected chi connectivity index (χ4v) is 1.56. The molecule has 2 N–H and O–H groups in total. The second kappa shape index (κ2) is 9.44. The van der Waals surface area contributed by atoms with E-state index < -0.39 is 6.09 Å². The van der Waals surface area contributed by atoms with Crippen molar-refractivity contribution in [3.63, 3.8) is 0 Å². The Balaban J connectivity index is 2.58. The van der Waals surface area contributed by atoms with Crippen molar-refractivity contribution in [3.8, 4) is 0 Å². The number of unbranched alkanes of at least 4 members (excludes halogenated alkanes) is 1. The van der Waals surface area contributed by atoms with E-state index in [1.807, 2.05) is 6.92 Å². The molecule has 0 spiro atoms. The Morgan fingerprint density at radius 1 is 1.23 bits per heavy atom. The summed E-state index contributed by atoms with van der Waals surface area (Å²) in [4.78, 5) is 23.3. The van der Waals surface area contributed by atoms with Crippen LogP contribution >= 0.6 is 0 Å². The van der Waals surface area contributed by atoms with E-state index in [2.05, 4.69) is 10.6 Å². The van der Waals surface area contributed by atoms with Crippen LogP contribution in [0.25, 0.3) is 0 Å². The average molecular weight is 306 g/mol. The predicted molar refractivity (Wildman–Crippen MR) is 85.7 cm³/mol. The number of anilines is 2. The molecule has 2 amide bonds. The number of amides is 2. The summed E-state index contributed by atoms with van der Waals surface area (Å²) in [5.41, 5.74) is 1.11. The zero-order valence-electron chi connectivity index (χ0n) is 13.1. The van der Waals surface area contributed by atoms with Gasteiger partial charge in [0.1, 0.15) is 0 Å². The van der Waals surface area contributed by atoms with Crippen molar-refractivity contribution < 1.29 is 19.1 Å². The predicted octanol–water partition coefficient (Wildman–Crippen LogP) is 3.52. The Kier molecular flexibility index (Phi) is 7.53. The van der Waals surface area contributed by atoms with Crippen LogP contribution in [0, 0.1) is 0 Å². The summed E-state index contributed by atoms with van der Waals surface area (Å²) in [5.74, 6) is 0.202. The van der Waals surface area contributed by atoms with Crippen molar-refractivity contribution in [1.82, 2.24) is 0 Å². The highest BCUT2D eigenvalue weighted by Crippen LogP contribution is 2.15. The van der Waals surface area contributed by atoms with E-state index >= 15 is 0 Å². The first-order valence-electron chi connectivity index (χ1n) is 7.12. The zero-order chi connectivity index (χ0) is 16.4. The Morgan fingerprint density at radius 3 is 2.55 bits per heavy atom. The molecule has 1 rings (SSSR count). The minimum Gasteiger partial charge on any atom is -0.501 e. The summed E-state index contributed by atoms with van der Waals surface area (Å²) in [6, 6.07) is 6.81. The van der Waals surface area contributed by atoms with Crippen LogP contribution in [0.2, 0.25) is 0 Å². The summed E-state index contributed by atoms with van der Waals surface area (Å²) in [6.45, 7) is 4.09. The summed E-state index contributed by atoms with van der Waals surface area (Å²) in [5, 5.41) is 5.30. The largest absolute Gasteiger partial charge is 0.501 e. The van der Waals surface area contributed by atoms with Gasteiger partial charge in [0.05, 0.1) is 19.5 Å². The Labute approximate surface area is 130 Å². The molecule has 0 aliphatic heterocycles. The smallest absolute Gasteiger partial charge is 0.411 e. The van der Waals surface area contributed by atoms with Crippen molar-refractivity contribution in [1.29, 1.82) is 0 Å². The van der Waals surface area contributed by atoms with Gasteiger partial charge in [0, 0.05) is 17.5 Å². The molecule has 0 aliphatic rings. The van der Waals surface area contributed by atoms with Crippen LogP contribution in [-0.4, -0.2) is 25.7 Å². The van der Waals surface area contributed by atoms with Gasteiger partial charge in [-0.1, -0.05) is 19.4 Å². The highest BCUT2D eigenvalue weighted by Gasteiger charge is 2.05. The molecule has 0 unspecified atom stereocenters. The minimum absolute atomic E-state index is 0.304. The lowest BCUT2D eigenvalue weighted by Gasteiger charge is -2.08. The monoisotopic (exact) mass is 306 g/mol. The molecular weight excluding hydrogens is 284 g/mol. The third-order valence-electron chi connectivity index (χ3n) is 2.76. The fraction of sp³-hybridized carbons (Fsp3) is 0.375. The fourth-order valence-electron chi connectivity index (χ4n) is 1.56. The van der Waals surface area contributed by atoms with Crippen molar-refractivity contribution in [2.75, 3.05) is 24.4 Å². The topological polar surface area (TPSA) is 76.7 Å². The van der Waals surface area contributed by atoms with Gasteiger partial charge in [0.25, 0.3) is 5.91 Å². The van der Waals surface area contributed by atoms with Crippen molar-refractivity contribution in [2.45, 2.75) is 26.7 Å². The van der Waals surface area contributed by atoms with Gasteiger partial charge in [0.15, 0.2) is 0 Å². The molecule has 0 bridgehead atoms. The molecule has 120 valence electrons. The second-order valence-electron chi connectivity index (χ2n) is 4.64. The average Bonchev–Trinajstić information content (AvgIpc) is 2.47. The maximum Gasteiger partial charge on any atom is 0.411 e. The molecule has 0 fully saturated rings. The molecular formula is C16H22N2O4. The van der Waals surface area contributed by atoms with E-state index in [1.54, 1.807) is 31.2 Å². The lowest BCUT2D eigenvalue weighted by molar-refractivity contribution is -0.112. The summed E-state index contributed by atoms with van der Waals surface area (Å²) in [7, 11) is 1.49. The molecule has 0 radical (unpaired) electrons. The first-order chi connectivity index (χ1) is 10.5. The molecule has 22 heavy (non-hydrogen) atoms. The SMILES string of the molecule is CCCCOC(=O)Nc1cccc(NC(=O)/C=C(/C)OC)c1. The summed E-state index contributed by atoms with van der Waals surface area (Å²) >= 11 is 0. The first kappa shape index (κ1) is 17.6. The van der Waals surface area contributed by atoms with Gasteiger partial charge in [0.2, 0.25) is 0 Å². The molecule has 1 aromatic carbocycles. The summed E-state index contributed by atoms with van der Waals surface area (Å²) in [6.07, 6.45) is 2.63. The number of nitrogens with one attached hydrogen (secondary N) is 2. The lowest BCUT2D eigenvalue weighted by atomic mass is 10.2. The van der Waals surface area contributed by atoms with E-state index in [0.29, 0.717) is 23.7 Å². The number of ether oxygens (including phenoxy) is 2. The lowest BCUT2D eigenvalue weighted by Crippen LogP contribution is -2.15. The molecule has 0 heterocycles. The van der Waals surface area contributed by atoms with Gasteiger partial charge in [-0.3, -0.25) is 10.1 Å². The van der Waals surface area contributed by atoms with Crippen LogP contribution in [0.4, 0.5) is 16.2 Å². The normalized spacial score (nSPS) is 10.8. The van der Waals surface area contributed by atoms with E-state index in [0.717, 1.165) is 12.8 Å². The Hall–Kier alpha value is -2.50. The summed E-state index contributed by atoms with van der Waals surface area (Å²) < 4.78 is 9.92. The highest BCUT2D eigenvalue weighted by atomic mass is 16.5. The van der Waals surface area contributed by atoms with Gasteiger partial charge in [-0.25, -0.2) is 4.79 Å².